The number of thioether (sulfide) groups is 2. The summed E-state index contributed by atoms with van der Waals surface area (Å²) in [4.78, 5) is 0. The average molecular weight is 339 g/mol. The number of nitrogens with zero attached hydrogens (tertiary/aromatic N) is 1. The molecule has 0 amide bonds. The first-order valence-corrected chi connectivity index (χ1v) is 11.2. The lowest BCUT2D eigenvalue weighted by Crippen LogP contribution is -2.40. The Morgan fingerprint density at radius 3 is 2.75 bits per heavy atom. The third-order valence-electron chi connectivity index (χ3n) is 4.15. The first kappa shape index (κ1) is 16.9. The van der Waals surface area contributed by atoms with Crippen LogP contribution in [0.4, 0.5) is 0 Å². The Kier molecular flexibility index (Phi) is 6.53. The molecule has 4 nitrogen and oxygen atoms in total. The van der Waals surface area contributed by atoms with E-state index in [2.05, 4.69) is 28.8 Å². The van der Waals surface area contributed by atoms with Gasteiger partial charge in [0.05, 0.1) is 5.75 Å². The standard InChI is InChI=1S/C13H26N2O2S3/c1-3-20(16,17)15(2)8-4-7-14-11-5-6-12-13(11)19-10-9-18-12/h11-14H,3-10H2,1-2H3/t11-,12+,13-/m1/s1. The molecule has 3 atom stereocenters. The molecule has 0 spiro atoms. The molecule has 118 valence electrons. The Hall–Kier alpha value is 0.570. The summed E-state index contributed by atoms with van der Waals surface area (Å²) < 4.78 is 24.8. The highest BCUT2D eigenvalue weighted by atomic mass is 32.2. The summed E-state index contributed by atoms with van der Waals surface area (Å²) in [5.41, 5.74) is 0. The van der Waals surface area contributed by atoms with Crippen LogP contribution in [0.3, 0.4) is 0 Å². The van der Waals surface area contributed by atoms with Crippen molar-refractivity contribution in [3.8, 4) is 0 Å². The maximum absolute atomic E-state index is 11.6. The van der Waals surface area contributed by atoms with Gasteiger partial charge in [0.15, 0.2) is 0 Å². The lowest BCUT2D eigenvalue weighted by atomic mass is 10.2. The molecule has 0 bridgehead atoms. The molecule has 0 unspecified atom stereocenters. The van der Waals surface area contributed by atoms with E-state index < -0.39 is 10.0 Å². The van der Waals surface area contributed by atoms with Gasteiger partial charge in [0.2, 0.25) is 10.0 Å². The number of hydrogen-bond acceptors (Lipinski definition) is 5. The Morgan fingerprint density at radius 1 is 1.25 bits per heavy atom. The summed E-state index contributed by atoms with van der Waals surface area (Å²) in [5, 5.41) is 5.26. The molecule has 7 heteroatoms. The van der Waals surface area contributed by atoms with Gasteiger partial charge in [-0.1, -0.05) is 0 Å². The Balaban J connectivity index is 1.66. The lowest BCUT2D eigenvalue weighted by molar-refractivity contribution is 0.441. The van der Waals surface area contributed by atoms with Crippen LogP contribution in [0.5, 0.6) is 0 Å². The molecule has 0 aromatic carbocycles. The van der Waals surface area contributed by atoms with Crippen molar-refractivity contribution in [3.63, 3.8) is 0 Å². The fraction of sp³-hybridized carbons (Fsp3) is 1.00. The van der Waals surface area contributed by atoms with Crippen LogP contribution >= 0.6 is 23.5 Å². The highest BCUT2D eigenvalue weighted by molar-refractivity contribution is 8.07. The molecular weight excluding hydrogens is 312 g/mol. The topological polar surface area (TPSA) is 49.4 Å². The van der Waals surface area contributed by atoms with E-state index in [1.807, 2.05) is 0 Å². The van der Waals surface area contributed by atoms with Crippen LogP contribution in [0.15, 0.2) is 0 Å². The first-order valence-electron chi connectivity index (χ1n) is 7.45. The second-order valence-corrected chi connectivity index (χ2v) is 10.5. The molecule has 1 aliphatic heterocycles. The summed E-state index contributed by atoms with van der Waals surface area (Å²) in [6.07, 6.45) is 3.50. The van der Waals surface area contributed by atoms with Crippen LogP contribution in [0.25, 0.3) is 0 Å². The maximum Gasteiger partial charge on any atom is 0.213 e. The van der Waals surface area contributed by atoms with Crippen LogP contribution in [-0.4, -0.2) is 66.7 Å². The molecule has 1 aliphatic carbocycles. The van der Waals surface area contributed by atoms with E-state index in [0.29, 0.717) is 12.6 Å². The second kappa shape index (κ2) is 7.72. The molecule has 2 rings (SSSR count). The SMILES string of the molecule is CCS(=O)(=O)N(C)CCCN[C@@H]1CC[C@@H]2SCCS[C@@H]21. The van der Waals surface area contributed by atoms with Crippen LogP contribution < -0.4 is 5.32 Å². The Labute approximate surface area is 131 Å². The summed E-state index contributed by atoms with van der Waals surface area (Å²) in [6.45, 7) is 3.23. The van der Waals surface area contributed by atoms with Gasteiger partial charge in [0.25, 0.3) is 0 Å². The molecule has 20 heavy (non-hydrogen) atoms. The van der Waals surface area contributed by atoms with Gasteiger partial charge in [0.1, 0.15) is 0 Å². The fourth-order valence-electron chi connectivity index (χ4n) is 2.88. The van der Waals surface area contributed by atoms with Gasteiger partial charge >= 0.3 is 0 Å². The van der Waals surface area contributed by atoms with Gasteiger partial charge in [-0.15, -0.1) is 0 Å². The lowest BCUT2D eigenvalue weighted by Gasteiger charge is -2.29. The third-order valence-corrected chi connectivity index (χ3v) is 9.32. The number of nitrogens with one attached hydrogen (secondary N) is 1. The quantitative estimate of drug-likeness (QED) is 0.715. The molecule has 1 heterocycles. The minimum absolute atomic E-state index is 0.192. The monoisotopic (exact) mass is 338 g/mol. The van der Waals surface area contributed by atoms with Crippen molar-refractivity contribution in [1.29, 1.82) is 0 Å². The van der Waals surface area contributed by atoms with E-state index in [1.54, 1.807) is 14.0 Å². The van der Waals surface area contributed by atoms with Crippen molar-refractivity contribution in [2.75, 3.05) is 37.4 Å². The highest BCUT2D eigenvalue weighted by Gasteiger charge is 2.38. The van der Waals surface area contributed by atoms with Gasteiger partial charge in [-0.3, -0.25) is 0 Å². The molecule has 1 N–H and O–H groups in total. The fourth-order valence-corrected chi connectivity index (χ4v) is 7.05. The van der Waals surface area contributed by atoms with Crippen molar-refractivity contribution in [2.45, 2.75) is 42.7 Å². The normalized spacial score (nSPS) is 30.6. The Morgan fingerprint density at radius 2 is 2.00 bits per heavy atom. The van der Waals surface area contributed by atoms with E-state index in [1.165, 1.54) is 28.7 Å². The maximum atomic E-state index is 11.6. The van der Waals surface area contributed by atoms with Crippen LogP contribution in [0.1, 0.15) is 26.2 Å². The van der Waals surface area contributed by atoms with Crippen molar-refractivity contribution >= 4 is 33.5 Å². The largest absolute Gasteiger partial charge is 0.313 e. The third kappa shape index (κ3) is 4.29. The Bertz CT molecular complexity index is 402. The van der Waals surface area contributed by atoms with Gasteiger partial charge < -0.3 is 5.32 Å². The zero-order valence-electron chi connectivity index (χ0n) is 12.4. The zero-order chi connectivity index (χ0) is 14.6. The predicted octanol–water partition coefficient (Wildman–Crippen LogP) is 1.63. The van der Waals surface area contributed by atoms with Gasteiger partial charge in [0, 0.05) is 41.6 Å². The van der Waals surface area contributed by atoms with E-state index in [9.17, 15) is 8.42 Å². The average Bonchev–Trinajstić information content (AvgIpc) is 2.86. The minimum Gasteiger partial charge on any atom is -0.313 e. The first-order chi connectivity index (χ1) is 9.54. The summed E-state index contributed by atoms with van der Waals surface area (Å²) >= 11 is 4.26. The van der Waals surface area contributed by atoms with Gasteiger partial charge in [-0.2, -0.15) is 23.5 Å². The van der Waals surface area contributed by atoms with E-state index in [-0.39, 0.29) is 5.75 Å². The van der Waals surface area contributed by atoms with Crippen LogP contribution in [-0.2, 0) is 10.0 Å². The number of fused-ring (bicyclic) bond motifs is 1. The van der Waals surface area contributed by atoms with Crippen molar-refractivity contribution in [2.24, 2.45) is 0 Å². The van der Waals surface area contributed by atoms with Crippen LogP contribution in [0.2, 0.25) is 0 Å². The number of rotatable bonds is 7. The predicted molar refractivity (Wildman–Crippen MR) is 90.2 cm³/mol. The van der Waals surface area contributed by atoms with Gasteiger partial charge in [-0.05, 0) is 32.7 Å². The van der Waals surface area contributed by atoms with E-state index in [0.717, 1.165) is 23.5 Å². The van der Waals surface area contributed by atoms with Gasteiger partial charge in [-0.25, -0.2) is 12.7 Å². The highest BCUT2D eigenvalue weighted by Crippen LogP contribution is 2.41. The molecule has 2 aliphatic rings. The van der Waals surface area contributed by atoms with E-state index in [4.69, 9.17) is 0 Å². The molecule has 1 saturated heterocycles. The molecule has 2 fully saturated rings. The summed E-state index contributed by atoms with van der Waals surface area (Å²) in [6, 6.07) is 0.630. The molecule has 0 radical (unpaired) electrons. The molecule has 0 aromatic rings. The summed E-state index contributed by atoms with van der Waals surface area (Å²) in [5.74, 6) is 2.77. The van der Waals surface area contributed by atoms with Crippen molar-refractivity contribution < 1.29 is 8.42 Å². The zero-order valence-corrected chi connectivity index (χ0v) is 14.8. The minimum atomic E-state index is -3.02. The molecule has 0 aromatic heterocycles. The number of hydrogen-bond donors (Lipinski definition) is 1. The summed E-state index contributed by atoms with van der Waals surface area (Å²) in [7, 11) is -1.34. The molecule has 1 saturated carbocycles. The van der Waals surface area contributed by atoms with Crippen molar-refractivity contribution in [1.82, 2.24) is 9.62 Å². The molecular formula is C13H26N2O2S3. The second-order valence-electron chi connectivity index (χ2n) is 5.46. The number of sulfonamides is 1. The van der Waals surface area contributed by atoms with Crippen LogP contribution in [0, 0.1) is 0 Å². The van der Waals surface area contributed by atoms with E-state index >= 15 is 0 Å². The smallest absolute Gasteiger partial charge is 0.213 e. The van der Waals surface area contributed by atoms with Crippen molar-refractivity contribution in [3.05, 3.63) is 0 Å².